The fourth-order valence-corrected chi connectivity index (χ4v) is 2.83. The smallest absolute Gasteiger partial charge is 0.273 e. The van der Waals surface area contributed by atoms with Crippen LogP contribution in [0.4, 0.5) is 5.69 Å². The lowest BCUT2D eigenvalue weighted by molar-refractivity contribution is -0.386. The Morgan fingerprint density at radius 3 is 2.39 bits per heavy atom. The molecule has 0 aromatic heterocycles. The van der Waals surface area contributed by atoms with Gasteiger partial charge in [-0.3, -0.25) is 14.9 Å². The van der Waals surface area contributed by atoms with E-state index >= 15 is 0 Å². The van der Waals surface area contributed by atoms with Crippen LogP contribution < -0.4 is 11.1 Å². The minimum absolute atomic E-state index is 0.0222. The van der Waals surface area contributed by atoms with Gasteiger partial charge in [-0.05, 0) is 37.2 Å². The van der Waals surface area contributed by atoms with Crippen molar-refractivity contribution >= 4 is 11.6 Å². The molecule has 1 amide bonds. The highest BCUT2D eigenvalue weighted by atomic mass is 16.6. The number of carbonyl (C=O) groups is 1. The number of nitrogens with one attached hydrogen (secondary N) is 1. The Labute approximate surface area is 136 Å². The topological polar surface area (TPSA) is 98.3 Å². The summed E-state index contributed by atoms with van der Waals surface area (Å²) in [5.74, 6) is 0.0775. The number of nitrogens with two attached hydrogens (primary N) is 1. The lowest BCUT2D eigenvalue weighted by atomic mass is 9.85. The molecule has 1 aromatic carbocycles. The molecule has 1 saturated carbocycles. The predicted molar refractivity (Wildman–Crippen MR) is 89.4 cm³/mol. The van der Waals surface area contributed by atoms with E-state index < -0.39 is 10.5 Å². The van der Waals surface area contributed by atoms with E-state index in [4.69, 9.17) is 5.73 Å². The molecule has 1 fully saturated rings. The van der Waals surface area contributed by atoms with Crippen molar-refractivity contribution in [1.82, 2.24) is 5.32 Å². The number of amides is 1. The second kappa shape index (κ2) is 5.92. The normalized spacial score (nSPS) is 17.4. The van der Waals surface area contributed by atoms with Crippen LogP contribution in [0.25, 0.3) is 0 Å². The van der Waals surface area contributed by atoms with Crippen LogP contribution in [0.5, 0.6) is 0 Å². The quantitative estimate of drug-likeness (QED) is 0.644. The maximum atomic E-state index is 12.5. The van der Waals surface area contributed by atoms with Gasteiger partial charge in [0.1, 0.15) is 0 Å². The summed E-state index contributed by atoms with van der Waals surface area (Å²) >= 11 is 0. The molecule has 6 nitrogen and oxygen atoms in total. The van der Waals surface area contributed by atoms with Gasteiger partial charge in [0, 0.05) is 23.7 Å². The van der Waals surface area contributed by atoms with Gasteiger partial charge < -0.3 is 11.1 Å². The van der Waals surface area contributed by atoms with Crippen LogP contribution in [0, 0.1) is 16.0 Å². The third-order valence-electron chi connectivity index (χ3n) is 4.57. The number of hydrogen-bond donors (Lipinski definition) is 2. The predicted octanol–water partition coefficient (Wildman–Crippen LogP) is 2.75. The molecule has 0 radical (unpaired) electrons. The van der Waals surface area contributed by atoms with Crippen LogP contribution >= 0.6 is 0 Å². The standard InChI is InChI=1S/C17H25N3O3/c1-16(2,3)13-8-5-11(9-14(13)20(22)23)15(21)19-17(4,10-18)12-6-7-12/h5,8-9,12H,6-7,10,18H2,1-4H3,(H,19,21). The number of carbonyl (C=O) groups excluding carboxylic acids is 1. The minimum Gasteiger partial charge on any atom is -0.345 e. The Morgan fingerprint density at radius 2 is 1.96 bits per heavy atom. The number of hydrogen-bond acceptors (Lipinski definition) is 4. The van der Waals surface area contributed by atoms with Crippen molar-refractivity contribution in [3.63, 3.8) is 0 Å². The summed E-state index contributed by atoms with van der Waals surface area (Å²) in [6.07, 6.45) is 2.11. The number of nitro benzene ring substituents is 1. The Kier molecular flexibility index (Phi) is 4.48. The van der Waals surface area contributed by atoms with Gasteiger partial charge in [0.15, 0.2) is 0 Å². The molecule has 0 spiro atoms. The third-order valence-corrected chi connectivity index (χ3v) is 4.57. The van der Waals surface area contributed by atoms with Crippen LogP contribution in [0.1, 0.15) is 56.5 Å². The molecule has 23 heavy (non-hydrogen) atoms. The molecule has 1 aromatic rings. The maximum absolute atomic E-state index is 12.5. The van der Waals surface area contributed by atoms with E-state index in [0.717, 1.165) is 12.8 Å². The van der Waals surface area contributed by atoms with Gasteiger partial charge in [-0.25, -0.2) is 0 Å². The zero-order valence-corrected chi connectivity index (χ0v) is 14.2. The largest absolute Gasteiger partial charge is 0.345 e. The zero-order chi connectivity index (χ0) is 17.4. The van der Waals surface area contributed by atoms with E-state index in [-0.39, 0.29) is 17.0 Å². The summed E-state index contributed by atoms with van der Waals surface area (Å²) < 4.78 is 0. The summed E-state index contributed by atoms with van der Waals surface area (Å²) in [5.41, 5.74) is 5.88. The van der Waals surface area contributed by atoms with Crippen molar-refractivity contribution in [2.24, 2.45) is 11.7 Å². The lowest BCUT2D eigenvalue weighted by Gasteiger charge is -2.29. The van der Waals surface area contributed by atoms with Crippen molar-refractivity contribution < 1.29 is 9.72 Å². The molecule has 6 heteroatoms. The fraction of sp³-hybridized carbons (Fsp3) is 0.588. The second-order valence-corrected chi connectivity index (χ2v) is 7.59. The molecule has 2 rings (SSSR count). The van der Waals surface area contributed by atoms with E-state index in [9.17, 15) is 14.9 Å². The van der Waals surface area contributed by atoms with Gasteiger partial charge in [0.05, 0.1) is 10.5 Å². The Hall–Kier alpha value is -1.95. The first-order chi connectivity index (χ1) is 10.6. The number of nitrogens with zero attached hydrogens (tertiary/aromatic N) is 1. The van der Waals surface area contributed by atoms with Crippen molar-refractivity contribution in [1.29, 1.82) is 0 Å². The van der Waals surface area contributed by atoms with Crippen molar-refractivity contribution in [3.8, 4) is 0 Å². The summed E-state index contributed by atoms with van der Waals surface area (Å²) in [5, 5.41) is 14.3. The van der Waals surface area contributed by atoms with E-state index in [2.05, 4.69) is 5.32 Å². The van der Waals surface area contributed by atoms with E-state index in [1.54, 1.807) is 12.1 Å². The molecule has 1 atom stereocenters. The summed E-state index contributed by atoms with van der Waals surface area (Å²) in [6.45, 7) is 8.01. The van der Waals surface area contributed by atoms with Crippen LogP contribution in [-0.4, -0.2) is 22.9 Å². The molecular weight excluding hydrogens is 294 g/mol. The highest BCUT2D eigenvalue weighted by molar-refractivity contribution is 5.95. The molecule has 1 aliphatic rings. The first-order valence-electron chi connectivity index (χ1n) is 7.90. The Balaban J connectivity index is 2.31. The molecule has 1 aliphatic carbocycles. The van der Waals surface area contributed by atoms with E-state index in [0.29, 0.717) is 23.6 Å². The van der Waals surface area contributed by atoms with Crippen LogP contribution in [0.3, 0.4) is 0 Å². The molecule has 0 heterocycles. The molecule has 3 N–H and O–H groups in total. The highest BCUT2D eigenvalue weighted by Crippen LogP contribution is 2.39. The Bertz CT molecular complexity index is 632. The monoisotopic (exact) mass is 319 g/mol. The minimum atomic E-state index is -0.450. The molecule has 0 saturated heterocycles. The molecule has 0 aliphatic heterocycles. The lowest BCUT2D eigenvalue weighted by Crippen LogP contribution is -2.53. The van der Waals surface area contributed by atoms with Crippen LogP contribution in [-0.2, 0) is 5.41 Å². The van der Waals surface area contributed by atoms with Gasteiger partial charge in [0.25, 0.3) is 11.6 Å². The zero-order valence-electron chi connectivity index (χ0n) is 14.2. The summed E-state index contributed by atoms with van der Waals surface area (Å²) in [6, 6.07) is 4.68. The number of rotatable bonds is 5. The number of benzene rings is 1. The summed E-state index contributed by atoms with van der Waals surface area (Å²) in [7, 11) is 0. The van der Waals surface area contributed by atoms with Crippen molar-refractivity contribution in [2.45, 2.75) is 51.5 Å². The van der Waals surface area contributed by atoms with Gasteiger partial charge in [-0.1, -0.05) is 26.8 Å². The van der Waals surface area contributed by atoms with Gasteiger partial charge >= 0.3 is 0 Å². The third kappa shape index (κ3) is 3.69. The van der Waals surface area contributed by atoms with E-state index in [1.165, 1.54) is 6.07 Å². The van der Waals surface area contributed by atoms with Gasteiger partial charge in [-0.15, -0.1) is 0 Å². The highest BCUT2D eigenvalue weighted by Gasteiger charge is 2.41. The van der Waals surface area contributed by atoms with Crippen molar-refractivity contribution in [2.75, 3.05) is 6.54 Å². The SMILES string of the molecule is CC(C)(C)c1ccc(C(=O)NC(C)(CN)C2CC2)cc1[N+](=O)[O-]. The first-order valence-corrected chi connectivity index (χ1v) is 7.90. The second-order valence-electron chi connectivity index (χ2n) is 7.59. The van der Waals surface area contributed by atoms with Crippen LogP contribution in [0.15, 0.2) is 18.2 Å². The van der Waals surface area contributed by atoms with Gasteiger partial charge in [-0.2, -0.15) is 0 Å². The molecule has 0 bridgehead atoms. The molecule has 1 unspecified atom stereocenters. The maximum Gasteiger partial charge on any atom is 0.273 e. The average molecular weight is 319 g/mol. The molecular formula is C17H25N3O3. The summed E-state index contributed by atoms with van der Waals surface area (Å²) in [4.78, 5) is 23.4. The van der Waals surface area contributed by atoms with Crippen LogP contribution in [0.2, 0.25) is 0 Å². The van der Waals surface area contributed by atoms with E-state index in [1.807, 2.05) is 27.7 Å². The number of nitro groups is 1. The first kappa shape index (κ1) is 17.4. The van der Waals surface area contributed by atoms with Gasteiger partial charge in [0.2, 0.25) is 0 Å². The average Bonchev–Trinajstić information content (AvgIpc) is 3.30. The fourth-order valence-electron chi connectivity index (χ4n) is 2.83. The Morgan fingerprint density at radius 1 is 1.35 bits per heavy atom. The molecule has 126 valence electrons. The van der Waals surface area contributed by atoms with Crippen molar-refractivity contribution in [3.05, 3.63) is 39.4 Å².